The van der Waals surface area contributed by atoms with Gasteiger partial charge in [-0.3, -0.25) is 4.79 Å². The molecule has 0 radical (unpaired) electrons. The van der Waals surface area contributed by atoms with Crippen LogP contribution in [0.15, 0.2) is 0 Å². The van der Waals surface area contributed by atoms with E-state index >= 15 is 0 Å². The van der Waals surface area contributed by atoms with E-state index in [1.807, 2.05) is 13.8 Å². The van der Waals surface area contributed by atoms with Crippen LogP contribution < -0.4 is 0 Å². The molecule has 1 unspecified atom stereocenters. The molecule has 0 bridgehead atoms. The zero-order valence-corrected chi connectivity index (χ0v) is 16.2. The van der Waals surface area contributed by atoms with Gasteiger partial charge in [-0.1, -0.05) is 13.8 Å². The molecule has 1 atom stereocenters. The minimum Gasteiger partial charge on any atom is -0.397 e. The summed E-state index contributed by atoms with van der Waals surface area (Å²) in [4.78, 5) is 11.0. The molecule has 0 saturated carbocycles. The molecule has 0 aromatic heterocycles. The van der Waals surface area contributed by atoms with Crippen LogP contribution in [-0.4, -0.2) is 52.6 Å². The number of rotatable bonds is 5. The van der Waals surface area contributed by atoms with E-state index in [9.17, 15) is 4.79 Å². The van der Waals surface area contributed by atoms with Gasteiger partial charge < -0.3 is 20.4 Å². The van der Waals surface area contributed by atoms with Crippen molar-refractivity contribution >= 4 is 5.78 Å². The first-order valence-electron chi connectivity index (χ1n) is 6.96. The topological polar surface area (TPSA) is 98.0 Å². The van der Waals surface area contributed by atoms with Gasteiger partial charge in [-0.25, -0.2) is 0 Å². The fraction of sp³-hybridized carbons (Fsp3) is 0.929. The van der Waals surface area contributed by atoms with Gasteiger partial charge in [0.2, 0.25) is 0 Å². The molecule has 5 nitrogen and oxygen atoms in total. The normalized spacial score (nSPS) is 9.25. The van der Waals surface area contributed by atoms with E-state index in [4.69, 9.17) is 20.4 Å². The summed E-state index contributed by atoms with van der Waals surface area (Å²) in [6.45, 7) is 9.70. The van der Waals surface area contributed by atoms with Crippen LogP contribution in [-0.2, 0) is 31.0 Å². The van der Waals surface area contributed by atoms with Crippen LogP contribution >= 0.6 is 0 Å². The van der Waals surface area contributed by atoms with E-state index in [0.717, 1.165) is 12.8 Å². The van der Waals surface area contributed by atoms with Crippen LogP contribution in [0.4, 0.5) is 0 Å². The number of aliphatic hydroxyl groups excluding tert-OH is 4. The van der Waals surface area contributed by atoms with Gasteiger partial charge in [0.25, 0.3) is 0 Å². The van der Waals surface area contributed by atoms with Crippen LogP contribution in [0.25, 0.3) is 0 Å². The molecule has 0 amide bonds. The molecule has 0 aromatic rings. The van der Waals surface area contributed by atoms with E-state index in [-0.39, 0.29) is 64.3 Å². The van der Waals surface area contributed by atoms with Crippen molar-refractivity contribution in [2.45, 2.75) is 53.9 Å². The fourth-order valence-electron chi connectivity index (χ4n) is 0.909. The SMILES string of the molecule is CCCC(=O)C(CC)CO.CCO.CCO.CCO.[Zr]. The van der Waals surface area contributed by atoms with Crippen LogP contribution in [0.5, 0.6) is 0 Å². The molecule has 0 spiro atoms. The minimum atomic E-state index is -0.111. The molecule has 0 saturated heterocycles. The third-order valence-electron chi connectivity index (χ3n) is 1.66. The van der Waals surface area contributed by atoms with Gasteiger partial charge in [-0.15, -0.1) is 0 Å². The van der Waals surface area contributed by atoms with Gasteiger partial charge in [-0.05, 0) is 33.6 Å². The number of Topliss-reactive ketones (excluding diaryl/α,β-unsaturated/α-hetero) is 1. The van der Waals surface area contributed by atoms with Gasteiger partial charge in [0.1, 0.15) is 5.78 Å². The maximum absolute atomic E-state index is 11.0. The number of carbonyl (C=O) groups is 1. The number of carbonyl (C=O) groups excluding carboxylic acids is 1. The Morgan fingerprint density at radius 2 is 1.15 bits per heavy atom. The van der Waals surface area contributed by atoms with Crippen LogP contribution in [0.2, 0.25) is 0 Å². The Morgan fingerprint density at radius 1 is 0.850 bits per heavy atom. The van der Waals surface area contributed by atoms with Crippen molar-refractivity contribution in [3.63, 3.8) is 0 Å². The van der Waals surface area contributed by atoms with Crippen LogP contribution in [0.1, 0.15) is 53.9 Å². The minimum absolute atomic E-state index is 0. The molecule has 20 heavy (non-hydrogen) atoms. The van der Waals surface area contributed by atoms with Crippen LogP contribution in [0.3, 0.4) is 0 Å². The molecule has 124 valence electrons. The Hall–Kier alpha value is 0.393. The molecule has 0 rings (SSSR count). The summed E-state index contributed by atoms with van der Waals surface area (Å²) in [6.07, 6.45) is 2.25. The standard InChI is InChI=1S/C8H16O2.3C2H6O.Zr/c1-3-5-8(10)7(4-2)6-9;3*1-2-3;/h7,9H,3-6H2,1-2H3;3*3H,2H2,1H3;. The largest absolute Gasteiger partial charge is 0.397 e. The Labute approximate surface area is 143 Å². The van der Waals surface area contributed by atoms with Crippen molar-refractivity contribution in [3.8, 4) is 0 Å². The summed E-state index contributed by atoms with van der Waals surface area (Å²) in [6, 6.07) is 0. The Kier molecular flexibility index (Phi) is 59.2. The molecule has 0 aliphatic carbocycles. The van der Waals surface area contributed by atoms with E-state index < -0.39 is 0 Å². The quantitative estimate of drug-likeness (QED) is 0.583. The summed E-state index contributed by atoms with van der Waals surface area (Å²) in [5, 5.41) is 31.4. The number of hydrogen-bond acceptors (Lipinski definition) is 5. The van der Waals surface area contributed by atoms with E-state index in [1.54, 1.807) is 20.8 Å². The van der Waals surface area contributed by atoms with Gasteiger partial charge in [0.05, 0.1) is 6.61 Å². The molecule has 0 heterocycles. The predicted octanol–water partition coefficient (Wildman–Crippen LogP) is 1.37. The first kappa shape index (κ1) is 32.4. The smallest absolute Gasteiger partial charge is 0.138 e. The second-order valence-corrected chi connectivity index (χ2v) is 3.45. The average molecular weight is 374 g/mol. The summed E-state index contributed by atoms with van der Waals surface area (Å²) < 4.78 is 0. The second-order valence-electron chi connectivity index (χ2n) is 3.45. The Morgan fingerprint density at radius 3 is 1.30 bits per heavy atom. The molecule has 0 aromatic carbocycles. The molecular weight excluding hydrogens is 339 g/mol. The van der Waals surface area contributed by atoms with E-state index in [2.05, 4.69) is 0 Å². The molecule has 4 N–H and O–H groups in total. The van der Waals surface area contributed by atoms with Crippen LogP contribution in [0, 0.1) is 5.92 Å². The molecule has 0 fully saturated rings. The number of aliphatic hydroxyl groups is 4. The van der Waals surface area contributed by atoms with Crippen molar-refractivity contribution in [1.29, 1.82) is 0 Å². The average Bonchev–Trinajstić information content (AvgIpc) is 2.34. The number of hydrogen-bond donors (Lipinski definition) is 4. The predicted molar refractivity (Wildman–Crippen MR) is 79.1 cm³/mol. The van der Waals surface area contributed by atoms with Gasteiger partial charge in [0, 0.05) is 58.4 Å². The molecule has 6 heteroatoms. The third kappa shape index (κ3) is 42.9. The summed E-state index contributed by atoms with van der Waals surface area (Å²) >= 11 is 0. The molecular formula is C14H34O5Zr. The second kappa shape index (κ2) is 36.6. The summed E-state index contributed by atoms with van der Waals surface area (Å²) in [5.74, 6) is 0.0902. The van der Waals surface area contributed by atoms with Gasteiger partial charge in [-0.2, -0.15) is 0 Å². The van der Waals surface area contributed by atoms with Gasteiger partial charge >= 0.3 is 0 Å². The molecule has 0 aliphatic heterocycles. The first-order valence-corrected chi connectivity index (χ1v) is 6.96. The van der Waals surface area contributed by atoms with Crippen molar-refractivity contribution in [1.82, 2.24) is 0 Å². The van der Waals surface area contributed by atoms with Crippen molar-refractivity contribution < 1.29 is 51.4 Å². The zero-order valence-electron chi connectivity index (χ0n) is 13.7. The zero-order chi connectivity index (χ0) is 16.1. The Balaban J connectivity index is -0.0000000626. The first-order chi connectivity index (χ1) is 9.00. The number of ketones is 1. The fourth-order valence-corrected chi connectivity index (χ4v) is 0.909. The van der Waals surface area contributed by atoms with E-state index in [0.29, 0.717) is 6.42 Å². The summed E-state index contributed by atoms with van der Waals surface area (Å²) in [7, 11) is 0. The third-order valence-corrected chi connectivity index (χ3v) is 1.66. The Bertz CT molecular complexity index is 137. The summed E-state index contributed by atoms with van der Waals surface area (Å²) in [5.41, 5.74) is 0. The maximum Gasteiger partial charge on any atom is 0.138 e. The van der Waals surface area contributed by atoms with Gasteiger partial charge in [0.15, 0.2) is 0 Å². The van der Waals surface area contributed by atoms with E-state index in [1.165, 1.54) is 0 Å². The van der Waals surface area contributed by atoms with Crippen molar-refractivity contribution in [3.05, 3.63) is 0 Å². The monoisotopic (exact) mass is 372 g/mol. The maximum atomic E-state index is 11.0. The van der Waals surface area contributed by atoms with Crippen molar-refractivity contribution in [2.75, 3.05) is 26.4 Å². The molecule has 0 aliphatic rings. The van der Waals surface area contributed by atoms with Crippen molar-refractivity contribution in [2.24, 2.45) is 5.92 Å².